The lowest BCUT2D eigenvalue weighted by atomic mass is 9.84. The Morgan fingerprint density at radius 3 is 1.36 bits per heavy atom. The van der Waals surface area contributed by atoms with Gasteiger partial charge in [-0.3, -0.25) is 0 Å². The van der Waals surface area contributed by atoms with Gasteiger partial charge in [0.15, 0.2) is 0 Å². The Hall–Kier alpha value is 0.350. The predicted octanol–water partition coefficient (Wildman–Crippen LogP) is 9.17. The summed E-state index contributed by atoms with van der Waals surface area (Å²) in [5.74, 6) is 0.971. The molecule has 1 aliphatic rings. The molecule has 0 aliphatic carbocycles. The highest BCUT2D eigenvalue weighted by atomic mass is 32.2. The molecule has 0 N–H and O–H groups in total. The summed E-state index contributed by atoms with van der Waals surface area (Å²) in [6, 6.07) is 0. The summed E-state index contributed by atoms with van der Waals surface area (Å²) in [5.41, 5.74) is 0. The zero-order valence-electron chi connectivity index (χ0n) is 18.3. The molecule has 0 amide bonds. The van der Waals surface area contributed by atoms with Crippen molar-refractivity contribution in [2.75, 3.05) is 0 Å². The van der Waals surface area contributed by atoms with Crippen LogP contribution in [0.25, 0.3) is 0 Å². The fourth-order valence-corrected chi connectivity index (χ4v) is 7.08. The maximum Gasteiger partial charge on any atom is 0.0111 e. The third-order valence-corrected chi connectivity index (χ3v) is 7.27. The fraction of sp³-hybridized carbons (Fsp3) is 1.00. The van der Waals surface area contributed by atoms with E-state index in [2.05, 4.69) is 46.4 Å². The minimum atomic E-state index is 0.489. The summed E-state index contributed by atoms with van der Waals surface area (Å²) < 4.78 is 0.978. The van der Waals surface area contributed by atoms with Crippen LogP contribution in [-0.2, 0) is 0 Å². The maximum atomic E-state index is 2.45. The molecule has 1 heteroatoms. The van der Waals surface area contributed by atoms with Gasteiger partial charge < -0.3 is 0 Å². The molecule has 0 atom stereocenters. The van der Waals surface area contributed by atoms with E-state index < -0.39 is 0 Å². The van der Waals surface area contributed by atoms with Gasteiger partial charge in [-0.25, -0.2) is 0 Å². The first-order chi connectivity index (χ1) is 11.8. The van der Waals surface area contributed by atoms with Gasteiger partial charge in [0.1, 0.15) is 0 Å². The van der Waals surface area contributed by atoms with Gasteiger partial charge in [0.2, 0.25) is 0 Å². The van der Waals surface area contributed by atoms with E-state index in [1.165, 1.54) is 103 Å². The van der Waals surface area contributed by atoms with E-state index >= 15 is 0 Å². The second-order valence-electron chi connectivity index (χ2n) is 9.93. The van der Waals surface area contributed by atoms with Crippen LogP contribution in [0.3, 0.4) is 0 Å². The largest absolute Gasteiger partial charge is 0.149 e. The van der Waals surface area contributed by atoms with E-state index in [-0.39, 0.29) is 0 Å². The lowest BCUT2D eigenvalue weighted by Gasteiger charge is -2.44. The third kappa shape index (κ3) is 12.4. The molecule has 0 aromatic heterocycles. The van der Waals surface area contributed by atoms with E-state index in [1.54, 1.807) is 0 Å². The van der Waals surface area contributed by atoms with E-state index in [0.29, 0.717) is 9.49 Å². The average molecular weight is 369 g/mol. The molecule has 150 valence electrons. The minimum Gasteiger partial charge on any atom is -0.149 e. The molecule has 1 aliphatic heterocycles. The van der Waals surface area contributed by atoms with Gasteiger partial charge in [0.25, 0.3) is 0 Å². The molecule has 0 radical (unpaired) electrons. The van der Waals surface area contributed by atoms with E-state index in [4.69, 9.17) is 0 Å². The quantitative estimate of drug-likeness (QED) is 0.275. The summed E-state index contributed by atoms with van der Waals surface area (Å²) in [6.07, 6.45) is 23.4. The van der Waals surface area contributed by atoms with Gasteiger partial charge in [0.05, 0.1) is 0 Å². The fourth-order valence-electron chi connectivity index (χ4n) is 4.95. The zero-order valence-corrected chi connectivity index (χ0v) is 19.1. The highest BCUT2D eigenvalue weighted by molar-refractivity contribution is 8.01. The van der Waals surface area contributed by atoms with Crippen LogP contribution in [0.4, 0.5) is 0 Å². The number of rotatable bonds is 14. The number of hydrogen-bond donors (Lipinski definition) is 0. The highest BCUT2D eigenvalue weighted by Gasteiger charge is 2.38. The summed E-state index contributed by atoms with van der Waals surface area (Å²) in [4.78, 5) is 0. The van der Waals surface area contributed by atoms with Crippen molar-refractivity contribution in [1.29, 1.82) is 0 Å². The van der Waals surface area contributed by atoms with Gasteiger partial charge in [-0.15, -0.1) is 11.8 Å². The second-order valence-corrected chi connectivity index (χ2v) is 12.3. The van der Waals surface area contributed by atoms with Crippen molar-refractivity contribution in [2.45, 2.75) is 147 Å². The Balaban J connectivity index is 1.90. The Kier molecular flexibility index (Phi) is 11.9. The Morgan fingerprint density at radius 2 is 0.960 bits per heavy atom. The first-order valence-electron chi connectivity index (χ1n) is 11.5. The lowest BCUT2D eigenvalue weighted by molar-refractivity contribution is 0.319. The zero-order chi connectivity index (χ0) is 18.6. The Labute approximate surface area is 164 Å². The van der Waals surface area contributed by atoms with Crippen LogP contribution >= 0.6 is 11.8 Å². The van der Waals surface area contributed by atoms with Crippen LogP contribution in [0.2, 0.25) is 0 Å². The summed E-state index contributed by atoms with van der Waals surface area (Å²) in [5, 5.41) is 0. The molecule has 1 fully saturated rings. The molecule has 0 nitrogen and oxygen atoms in total. The summed E-state index contributed by atoms with van der Waals surface area (Å²) in [6.45, 7) is 12.1. The Bertz CT molecular complexity index is 302. The van der Waals surface area contributed by atoms with Gasteiger partial charge in [-0.05, 0) is 18.8 Å². The van der Waals surface area contributed by atoms with Crippen molar-refractivity contribution >= 4 is 11.8 Å². The van der Waals surface area contributed by atoms with Gasteiger partial charge >= 0.3 is 0 Å². The van der Waals surface area contributed by atoms with E-state index in [1.807, 2.05) is 0 Å². The van der Waals surface area contributed by atoms with Crippen molar-refractivity contribution in [3.63, 3.8) is 0 Å². The van der Waals surface area contributed by atoms with Gasteiger partial charge in [0, 0.05) is 9.49 Å². The normalized spacial score (nSPS) is 20.0. The topological polar surface area (TPSA) is 0 Å². The molecule has 0 aromatic rings. The first-order valence-corrected chi connectivity index (χ1v) is 12.4. The van der Waals surface area contributed by atoms with Crippen LogP contribution in [-0.4, -0.2) is 9.49 Å². The number of thioether (sulfide) groups is 1. The van der Waals surface area contributed by atoms with Crippen molar-refractivity contribution in [3.05, 3.63) is 0 Å². The molecule has 0 saturated carbocycles. The van der Waals surface area contributed by atoms with Crippen molar-refractivity contribution < 1.29 is 0 Å². The lowest BCUT2D eigenvalue weighted by Crippen LogP contribution is -2.36. The summed E-state index contributed by atoms with van der Waals surface area (Å²) >= 11 is 2.21. The summed E-state index contributed by atoms with van der Waals surface area (Å²) in [7, 11) is 0. The molecule has 1 rings (SSSR count). The number of hydrogen-bond acceptors (Lipinski definition) is 1. The standard InChI is InChI=1S/C24H48S/c1-6-7-8-9-10-11-12-13-14-15-16-17-18-19-22-20-23(2,3)25-24(4,5)21-22/h22H,6-21H2,1-5H3. The molecular weight excluding hydrogens is 320 g/mol. The van der Waals surface area contributed by atoms with Crippen molar-refractivity contribution in [2.24, 2.45) is 5.92 Å². The molecule has 0 unspecified atom stereocenters. The van der Waals surface area contributed by atoms with Gasteiger partial charge in [-0.2, -0.15) is 0 Å². The molecule has 25 heavy (non-hydrogen) atoms. The van der Waals surface area contributed by atoms with Crippen LogP contribution < -0.4 is 0 Å². The number of unbranched alkanes of at least 4 members (excludes halogenated alkanes) is 12. The molecule has 0 aromatic carbocycles. The van der Waals surface area contributed by atoms with Crippen LogP contribution in [0.1, 0.15) is 137 Å². The molecule has 1 heterocycles. The molecule has 0 bridgehead atoms. The predicted molar refractivity (Wildman–Crippen MR) is 119 cm³/mol. The van der Waals surface area contributed by atoms with E-state index in [9.17, 15) is 0 Å². The average Bonchev–Trinajstić information content (AvgIpc) is 2.49. The molecule has 1 saturated heterocycles. The van der Waals surface area contributed by atoms with Gasteiger partial charge in [-0.1, -0.05) is 125 Å². The first kappa shape index (κ1) is 23.4. The minimum absolute atomic E-state index is 0.489. The van der Waals surface area contributed by atoms with Crippen LogP contribution in [0.5, 0.6) is 0 Å². The second kappa shape index (κ2) is 12.7. The van der Waals surface area contributed by atoms with Crippen LogP contribution in [0.15, 0.2) is 0 Å². The highest BCUT2D eigenvalue weighted by Crippen LogP contribution is 2.50. The Morgan fingerprint density at radius 1 is 0.600 bits per heavy atom. The molecule has 0 spiro atoms. The monoisotopic (exact) mass is 368 g/mol. The third-order valence-electron chi connectivity index (χ3n) is 5.83. The SMILES string of the molecule is CCCCCCCCCCCCCCCC1CC(C)(C)SC(C)(C)C1. The van der Waals surface area contributed by atoms with Crippen molar-refractivity contribution in [3.8, 4) is 0 Å². The van der Waals surface area contributed by atoms with Crippen LogP contribution in [0, 0.1) is 5.92 Å². The molecular formula is C24H48S. The maximum absolute atomic E-state index is 2.45. The van der Waals surface area contributed by atoms with E-state index in [0.717, 1.165) is 5.92 Å². The van der Waals surface area contributed by atoms with Crippen molar-refractivity contribution in [1.82, 2.24) is 0 Å². The smallest absolute Gasteiger partial charge is 0.0111 e.